The van der Waals surface area contributed by atoms with Crippen molar-refractivity contribution in [3.8, 4) is 0 Å². The molecule has 1 aromatic carbocycles. The predicted octanol–water partition coefficient (Wildman–Crippen LogP) is 4.70. The minimum absolute atomic E-state index is 0.00683. The number of piperidine rings is 2. The van der Waals surface area contributed by atoms with Gasteiger partial charge in [0.15, 0.2) is 11.4 Å². The summed E-state index contributed by atoms with van der Waals surface area (Å²) in [7, 11) is 1.96. The van der Waals surface area contributed by atoms with Gasteiger partial charge < -0.3 is 9.79 Å². The molecular weight excluding hydrogens is 403 g/mol. The molecule has 2 heterocycles. The third kappa shape index (κ3) is 3.36. The number of rotatable bonds is 3. The van der Waals surface area contributed by atoms with E-state index >= 15 is 0 Å². The summed E-state index contributed by atoms with van der Waals surface area (Å²) in [6, 6.07) is 6.04. The van der Waals surface area contributed by atoms with Gasteiger partial charge in [-0.05, 0) is 68.2 Å². The Morgan fingerprint density at radius 3 is 1.45 bits per heavy atom. The molecule has 0 spiro atoms. The molecule has 0 aromatic heterocycles. The van der Waals surface area contributed by atoms with E-state index in [4.69, 9.17) is 0 Å². The molecule has 5 heteroatoms. The first-order valence-electron chi connectivity index (χ1n) is 12.0. The summed E-state index contributed by atoms with van der Waals surface area (Å²) in [5, 5.41) is 0.509. The third-order valence-corrected chi connectivity index (χ3v) is 10.9. The van der Waals surface area contributed by atoms with E-state index in [9.17, 15) is 9.79 Å². The first kappa shape index (κ1) is 25.1. The van der Waals surface area contributed by atoms with Crippen LogP contribution in [0.5, 0.6) is 0 Å². The molecule has 3 rings (SSSR count). The summed E-state index contributed by atoms with van der Waals surface area (Å²) in [5.41, 5.74) is 2.10. The number of quaternary nitrogens is 2. The Bertz CT molecular complexity index is 810. The summed E-state index contributed by atoms with van der Waals surface area (Å²) >= 11 is 0. The molecule has 0 N–H and O–H groups in total. The van der Waals surface area contributed by atoms with E-state index in [1.54, 1.807) is 0 Å². The zero-order chi connectivity index (χ0) is 23.7. The zero-order valence-electron chi connectivity index (χ0n) is 21.6. The van der Waals surface area contributed by atoms with Crippen LogP contribution < -0.4 is 24.1 Å². The van der Waals surface area contributed by atoms with Gasteiger partial charge in [0.05, 0.1) is 36.3 Å². The SMILES string of the molecule is CC1(C)CCCC(C)(C)[N+]1(C)c1cccc(P([O-])[O-])c1[N+]1(C)C(C)(C)CCCC1(C)C. The average molecular weight is 449 g/mol. The molecular formula is C26H45N2O2P. The first-order chi connectivity index (χ1) is 14.0. The Balaban J connectivity index is 2.47. The lowest BCUT2D eigenvalue weighted by molar-refractivity contribution is -0.287. The predicted molar refractivity (Wildman–Crippen MR) is 132 cm³/mol. The Morgan fingerprint density at radius 2 is 1.06 bits per heavy atom. The number of hydrogen-bond acceptors (Lipinski definition) is 2. The van der Waals surface area contributed by atoms with Crippen molar-refractivity contribution in [3.63, 3.8) is 0 Å². The van der Waals surface area contributed by atoms with Crippen molar-refractivity contribution in [2.45, 2.75) is 116 Å². The van der Waals surface area contributed by atoms with Gasteiger partial charge >= 0.3 is 0 Å². The van der Waals surface area contributed by atoms with Crippen LogP contribution in [0, 0.1) is 0 Å². The van der Waals surface area contributed by atoms with Crippen LogP contribution in [0.25, 0.3) is 0 Å². The summed E-state index contributed by atoms with van der Waals surface area (Å²) in [6.07, 6.45) is 6.84. The highest BCUT2D eigenvalue weighted by Gasteiger charge is 2.62. The van der Waals surface area contributed by atoms with Gasteiger partial charge in [-0.2, -0.15) is 0 Å². The van der Waals surface area contributed by atoms with E-state index in [1.807, 2.05) is 12.1 Å². The number of likely N-dealkylation sites (tertiary alicyclic amines) is 2. The van der Waals surface area contributed by atoms with Crippen molar-refractivity contribution in [3.05, 3.63) is 18.2 Å². The van der Waals surface area contributed by atoms with E-state index in [2.05, 4.69) is 75.6 Å². The Hall–Kier alpha value is -0.510. The zero-order valence-corrected chi connectivity index (χ0v) is 22.5. The quantitative estimate of drug-likeness (QED) is 0.497. The second-order valence-electron chi connectivity index (χ2n) is 12.9. The lowest BCUT2D eigenvalue weighted by Gasteiger charge is -2.64. The van der Waals surface area contributed by atoms with Crippen LogP contribution in [0.1, 0.15) is 93.9 Å². The molecule has 4 nitrogen and oxygen atoms in total. The first-order valence-corrected chi connectivity index (χ1v) is 13.2. The summed E-state index contributed by atoms with van der Waals surface area (Å²) in [4.78, 5) is 25.4. The molecule has 0 bridgehead atoms. The Kier molecular flexibility index (Phi) is 6.08. The van der Waals surface area contributed by atoms with E-state index in [-0.39, 0.29) is 22.2 Å². The van der Waals surface area contributed by atoms with Gasteiger partial charge in [-0.15, -0.1) is 0 Å². The number of nitrogens with zero attached hydrogens (tertiary/aromatic N) is 2. The van der Waals surface area contributed by atoms with Crippen LogP contribution in [0.15, 0.2) is 18.2 Å². The second-order valence-corrected chi connectivity index (χ2v) is 13.9. The normalized spacial score (nSPS) is 27.8. The molecule has 2 aliphatic heterocycles. The van der Waals surface area contributed by atoms with Crippen LogP contribution in [0.4, 0.5) is 11.4 Å². The van der Waals surface area contributed by atoms with Gasteiger partial charge in [0.1, 0.15) is 0 Å². The highest BCUT2D eigenvalue weighted by Crippen LogP contribution is 2.57. The molecule has 2 fully saturated rings. The molecule has 0 amide bonds. The fourth-order valence-corrected chi connectivity index (χ4v) is 7.88. The smallest absolute Gasteiger partial charge is 0.200 e. The molecule has 2 saturated heterocycles. The third-order valence-electron chi connectivity index (χ3n) is 10.1. The highest BCUT2D eigenvalue weighted by atomic mass is 31.2. The maximum Gasteiger partial charge on any atom is 0.200 e. The minimum Gasteiger partial charge on any atom is -0.838 e. The molecule has 1 aromatic rings. The van der Waals surface area contributed by atoms with E-state index < -0.39 is 8.38 Å². The van der Waals surface area contributed by atoms with Crippen molar-refractivity contribution in [2.75, 3.05) is 14.1 Å². The summed E-state index contributed by atoms with van der Waals surface area (Å²) in [6.45, 7) is 18.8. The maximum atomic E-state index is 12.7. The van der Waals surface area contributed by atoms with Gasteiger partial charge in [0.25, 0.3) is 0 Å². The highest BCUT2D eigenvalue weighted by molar-refractivity contribution is 7.51. The lowest BCUT2D eigenvalue weighted by atomic mass is 9.73. The molecule has 0 aliphatic carbocycles. The molecule has 0 radical (unpaired) electrons. The summed E-state index contributed by atoms with van der Waals surface area (Å²) in [5.74, 6) is 0. The minimum atomic E-state index is -2.70. The maximum absolute atomic E-state index is 12.7. The Morgan fingerprint density at radius 1 is 0.677 bits per heavy atom. The van der Waals surface area contributed by atoms with Crippen LogP contribution in [0.2, 0.25) is 0 Å². The fraction of sp³-hybridized carbons (Fsp3) is 0.769. The Labute approximate surface area is 192 Å². The van der Waals surface area contributed by atoms with E-state index in [1.165, 1.54) is 18.5 Å². The van der Waals surface area contributed by atoms with E-state index in [0.29, 0.717) is 9.79 Å². The summed E-state index contributed by atoms with van der Waals surface area (Å²) < 4.78 is 1.40. The molecule has 0 unspecified atom stereocenters. The van der Waals surface area contributed by atoms with Crippen molar-refractivity contribution >= 4 is 25.1 Å². The van der Waals surface area contributed by atoms with Gasteiger partial charge in [-0.25, -0.2) is 0 Å². The van der Waals surface area contributed by atoms with Crippen LogP contribution in [-0.4, -0.2) is 36.3 Å². The van der Waals surface area contributed by atoms with Crippen molar-refractivity contribution in [1.29, 1.82) is 0 Å². The van der Waals surface area contributed by atoms with Gasteiger partial charge in [-0.1, -0.05) is 12.1 Å². The molecule has 176 valence electrons. The van der Waals surface area contributed by atoms with Crippen LogP contribution >= 0.6 is 8.38 Å². The van der Waals surface area contributed by atoms with Crippen molar-refractivity contribution in [2.24, 2.45) is 0 Å². The average Bonchev–Trinajstić information content (AvgIpc) is 2.62. The van der Waals surface area contributed by atoms with E-state index in [0.717, 1.165) is 35.9 Å². The molecule has 0 atom stereocenters. The lowest BCUT2D eigenvalue weighted by Crippen LogP contribution is -2.76. The largest absolute Gasteiger partial charge is 0.838 e. The van der Waals surface area contributed by atoms with Gasteiger partial charge in [-0.3, -0.25) is 17.3 Å². The fourth-order valence-electron chi connectivity index (χ4n) is 7.18. The topological polar surface area (TPSA) is 46.1 Å². The number of para-hydroxylation sites is 1. The van der Waals surface area contributed by atoms with Crippen molar-refractivity contribution in [1.82, 2.24) is 8.97 Å². The number of benzene rings is 1. The van der Waals surface area contributed by atoms with Gasteiger partial charge in [0, 0.05) is 37.1 Å². The monoisotopic (exact) mass is 448 g/mol. The van der Waals surface area contributed by atoms with Crippen LogP contribution in [0.3, 0.4) is 0 Å². The molecule has 0 saturated carbocycles. The second kappa shape index (κ2) is 7.50. The molecule has 2 aliphatic rings. The van der Waals surface area contributed by atoms with Crippen LogP contribution in [-0.2, 0) is 0 Å². The standard InChI is InChI=1S/C26H45N2O2P/c1-23(2)16-12-17-24(3,4)27(23,9)20-14-11-15-21(31(29)30)22(20)28(10)25(5,6)18-13-19-26(28,7)8/h11,14-15H,12-13,16-19H2,1-10H3. The molecule has 31 heavy (non-hydrogen) atoms. The van der Waals surface area contributed by atoms with Gasteiger partial charge in [0.2, 0.25) is 0 Å². The van der Waals surface area contributed by atoms with Crippen molar-refractivity contribution < 1.29 is 9.79 Å². The number of hydrogen-bond donors (Lipinski definition) is 0.